The lowest BCUT2D eigenvalue weighted by atomic mass is 10.4. The van der Waals surface area contributed by atoms with Crippen molar-refractivity contribution in [2.24, 2.45) is 0 Å². The lowest BCUT2D eigenvalue weighted by Crippen LogP contribution is -2.02. The highest BCUT2D eigenvalue weighted by atomic mass is 16.5. The predicted molar refractivity (Wildman–Crippen MR) is 44.1 cm³/mol. The Morgan fingerprint density at radius 3 is 3.07 bits per heavy atom. The maximum absolute atomic E-state index is 9.13. The molecule has 2 aromatic rings. The molecule has 0 aromatic carbocycles. The molecule has 0 radical (unpaired) electrons. The molecule has 0 spiro atoms. The number of aromatic nitrogens is 5. The molecule has 14 heavy (non-hydrogen) atoms. The first kappa shape index (κ1) is 8.82. The van der Waals surface area contributed by atoms with Gasteiger partial charge in [-0.2, -0.15) is 10.1 Å². The second kappa shape index (κ2) is 3.54. The fraction of sp³-hybridized carbons (Fsp3) is 0.429. The summed E-state index contributed by atoms with van der Waals surface area (Å²) in [6, 6.07) is 0. The second-order valence-electron chi connectivity index (χ2n) is 2.82. The van der Waals surface area contributed by atoms with Gasteiger partial charge in [0.15, 0.2) is 5.82 Å². The molecule has 1 N–H and O–H groups in total. The Morgan fingerprint density at radius 1 is 1.64 bits per heavy atom. The molecule has 7 nitrogen and oxygen atoms in total. The highest BCUT2D eigenvalue weighted by Crippen LogP contribution is 2.08. The molecule has 0 aliphatic heterocycles. The molecular weight excluding hydrogens is 186 g/mol. The molecule has 0 unspecified atom stereocenters. The van der Waals surface area contributed by atoms with Crippen LogP contribution in [-0.4, -0.2) is 30.0 Å². The molecule has 0 saturated heterocycles. The molecule has 0 bridgehead atoms. The van der Waals surface area contributed by atoms with Gasteiger partial charge >= 0.3 is 0 Å². The first-order valence-corrected chi connectivity index (χ1v) is 4.08. The third-order valence-corrected chi connectivity index (χ3v) is 1.61. The molecule has 0 amide bonds. The summed E-state index contributed by atoms with van der Waals surface area (Å²) in [7, 11) is 0. The van der Waals surface area contributed by atoms with Crippen molar-refractivity contribution in [1.29, 1.82) is 0 Å². The molecule has 2 aromatic heterocycles. The molecule has 0 saturated carbocycles. The van der Waals surface area contributed by atoms with Crippen molar-refractivity contribution in [2.45, 2.75) is 19.6 Å². The highest BCUT2D eigenvalue weighted by Gasteiger charge is 2.11. The Bertz CT molecular complexity index is 394. The fourth-order valence-corrected chi connectivity index (χ4v) is 0.961. The Morgan fingerprint density at radius 2 is 2.50 bits per heavy atom. The summed E-state index contributed by atoms with van der Waals surface area (Å²) in [5.41, 5.74) is 0. The van der Waals surface area contributed by atoms with Crippen LogP contribution in [0, 0.1) is 0 Å². The van der Waals surface area contributed by atoms with Gasteiger partial charge in [-0.1, -0.05) is 5.16 Å². The van der Waals surface area contributed by atoms with Crippen LogP contribution in [0.3, 0.4) is 0 Å². The van der Waals surface area contributed by atoms with E-state index in [1.807, 2.05) is 0 Å². The first-order valence-electron chi connectivity index (χ1n) is 4.08. The zero-order valence-electron chi connectivity index (χ0n) is 7.53. The molecule has 1 atom stereocenters. The van der Waals surface area contributed by atoms with Gasteiger partial charge in [-0.05, 0) is 6.92 Å². The Kier molecular flexibility index (Phi) is 2.23. The number of rotatable bonds is 3. The smallest absolute Gasteiger partial charge is 0.255 e. The van der Waals surface area contributed by atoms with Crippen LogP contribution in [0.15, 0.2) is 17.2 Å². The highest BCUT2D eigenvalue weighted by molar-refractivity contribution is 4.88. The van der Waals surface area contributed by atoms with E-state index in [1.165, 1.54) is 6.33 Å². The van der Waals surface area contributed by atoms with Crippen LogP contribution >= 0.6 is 0 Å². The van der Waals surface area contributed by atoms with Crippen molar-refractivity contribution in [1.82, 2.24) is 24.9 Å². The number of aliphatic hydroxyl groups is 1. The van der Waals surface area contributed by atoms with Crippen LogP contribution in [0.1, 0.15) is 24.7 Å². The van der Waals surface area contributed by atoms with E-state index in [9.17, 15) is 0 Å². The Labute approximate surface area is 79.4 Å². The second-order valence-corrected chi connectivity index (χ2v) is 2.82. The van der Waals surface area contributed by atoms with Gasteiger partial charge < -0.3 is 9.63 Å². The number of hydrogen-bond donors (Lipinski definition) is 1. The quantitative estimate of drug-likeness (QED) is 0.727. The molecule has 2 rings (SSSR count). The van der Waals surface area contributed by atoms with Crippen molar-refractivity contribution >= 4 is 0 Å². The minimum Gasteiger partial charge on any atom is -0.384 e. The zero-order valence-corrected chi connectivity index (χ0v) is 7.53. The molecular formula is C7H9N5O2. The van der Waals surface area contributed by atoms with E-state index < -0.39 is 6.10 Å². The molecule has 7 heteroatoms. The predicted octanol–water partition coefficient (Wildman–Crippen LogP) is -0.237. The third-order valence-electron chi connectivity index (χ3n) is 1.61. The lowest BCUT2D eigenvalue weighted by molar-refractivity contribution is 0.151. The lowest BCUT2D eigenvalue weighted by Gasteiger charge is -1.93. The summed E-state index contributed by atoms with van der Waals surface area (Å²) >= 11 is 0. The van der Waals surface area contributed by atoms with Gasteiger partial charge in [0.1, 0.15) is 25.3 Å². The normalized spacial score (nSPS) is 13.0. The van der Waals surface area contributed by atoms with Gasteiger partial charge in [-0.15, -0.1) is 0 Å². The van der Waals surface area contributed by atoms with Crippen molar-refractivity contribution in [2.75, 3.05) is 0 Å². The van der Waals surface area contributed by atoms with E-state index in [1.54, 1.807) is 17.9 Å². The summed E-state index contributed by atoms with van der Waals surface area (Å²) in [5, 5.41) is 16.7. The van der Waals surface area contributed by atoms with E-state index in [0.29, 0.717) is 12.4 Å². The molecule has 0 fully saturated rings. The number of nitrogens with zero attached hydrogens (tertiary/aromatic N) is 5. The summed E-state index contributed by atoms with van der Waals surface area (Å²) in [4.78, 5) is 7.74. The van der Waals surface area contributed by atoms with Crippen molar-refractivity contribution in [3.05, 3.63) is 24.4 Å². The number of hydrogen-bond acceptors (Lipinski definition) is 6. The monoisotopic (exact) mass is 195 g/mol. The van der Waals surface area contributed by atoms with Gasteiger partial charge in [-0.25, -0.2) is 9.67 Å². The van der Waals surface area contributed by atoms with Crippen LogP contribution in [0.25, 0.3) is 0 Å². The Balaban J connectivity index is 2.11. The fourth-order valence-electron chi connectivity index (χ4n) is 0.961. The maximum Gasteiger partial charge on any atom is 0.255 e. The van der Waals surface area contributed by atoms with E-state index in [2.05, 4.69) is 20.2 Å². The zero-order chi connectivity index (χ0) is 9.97. The minimum atomic E-state index is -0.744. The van der Waals surface area contributed by atoms with Crippen LogP contribution in [0.4, 0.5) is 0 Å². The van der Waals surface area contributed by atoms with Crippen molar-refractivity contribution in [3.63, 3.8) is 0 Å². The molecule has 0 aliphatic rings. The van der Waals surface area contributed by atoms with E-state index >= 15 is 0 Å². The van der Waals surface area contributed by atoms with Crippen LogP contribution in [0.2, 0.25) is 0 Å². The van der Waals surface area contributed by atoms with Crippen LogP contribution in [0.5, 0.6) is 0 Å². The summed E-state index contributed by atoms with van der Waals surface area (Å²) in [6.45, 7) is 1.95. The van der Waals surface area contributed by atoms with E-state index in [-0.39, 0.29) is 5.89 Å². The first-order chi connectivity index (χ1) is 6.75. The molecule has 74 valence electrons. The molecule has 0 aliphatic carbocycles. The van der Waals surface area contributed by atoms with Gasteiger partial charge in [0.2, 0.25) is 0 Å². The minimum absolute atomic E-state index is 0.208. The van der Waals surface area contributed by atoms with Gasteiger partial charge in [-0.3, -0.25) is 0 Å². The van der Waals surface area contributed by atoms with Gasteiger partial charge in [0, 0.05) is 0 Å². The summed E-state index contributed by atoms with van der Waals surface area (Å²) < 4.78 is 6.37. The largest absolute Gasteiger partial charge is 0.384 e. The van der Waals surface area contributed by atoms with E-state index in [0.717, 1.165) is 0 Å². The average molecular weight is 195 g/mol. The van der Waals surface area contributed by atoms with Crippen LogP contribution in [-0.2, 0) is 6.54 Å². The molecule has 2 heterocycles. The Hall–Kier alpha value is -1.76. The standard InChI is InChI=1S/C7H9N5O2/c1-5(13)7-10-6(11-14-7)2-12-4-8-3-9-12/h3-5,13H,2H2,1H3/t5-/m0/s1. The van der Waals surface area contributed by atoms with Crippen molar-refractivity contribution < 1.29 is 9.63 Å². The SMILES string of the molecule is C[C@H](O)c1nc(Cn2cncn2)no1. The van der Waals surface area contributed by atoms with E-state index in [4.69, 9.17) is 9.63 Å². The van der Waals surface area contributed by atoms with Crippen LogP contribution < -0.4 is 0 Å². The van der Waals surface area contributed by atoms with Gasteiger partial charge in [0.25, 0.3) is 5.89 Å². The van der Waals surface area contributed by atoms with Gasteiger partial charge in [0.05, 0.1) is 0 Å². The maximum atomic E-state index is 9.13. The summed E-state index contributed by atoms with van der Waals surface area (Å²) in [5.74, 6) is 0.673. The number of aliphatic hydroxyl groups excluding tert-OH is 1. The average Bonchev–Trinajstić information content (AvgIpc) is 2.75. The summed E-state index contributed by atoms with van der Waals surface area (Å²) in [6.07, 6.45) is 2.24. The third kappa shape index (κ3) is 1.77. The topological polar surface area (TPSA) is 89.9 Å². The van der Waals surface area contributed by atoms with Crippen molar-refractivity contribution in [3.8, 4) is 0 Å².